The van der Waals surface area contributed by atoms with Gasteiger partial charge in [0.15, 0.2) is 0 Å². The lowest BCUT2D eigenvalue weighted by atomic mass is 10.2. The van der Waals surface area contributed by atoms with Crippen molar-refractivity contribution < 1.29 is 9.84 Å². The summed E-state index contributed by atoms with van der Waals surface area (Å²) in [5, 5.41) is 13.1. The van der Waals surface area contributed by atoms with E-state index in [-0.39, 0.29) is 11.9 Å². The molecule has 0 amide bonds. The van der Waals surface area contributed by atoms with Gasteiger partial charge < -0.3 is 15.2 Å². The molecule has 0 bridgehead atoms. The molecule has 0 saturated carbocycles. The third-order valence-corrected chi connectivity index (χ3v) is 4.22. The summed E-state index contributed by atoms with van der Waals surface area (Å²) in [5.41, 5.74) is 1.63. The standard InChI is InChI=1S/C15H23N3O2/c1-11-4-5-15(19)14(17-11)8-16-7-13-9-18-6-2-3-12(18)10-20-13/h4-5,12-13,16,19H,2-3,6-10H2,1H3. The number of nitrogens with zero attached hydrogens (tertiary/aromatic N) is 2. The molecule has 3 heterocycles. The lowest BCUT2D eigenvalue weighted by Gasteiger charge is -2.35. The summed E-state index contributed by atoms with van der Waals surface area (Å²) in [6.45, 7) is 6.41. The normalized spacial score (nSPS) is 26.6. The Balaban J connectivity index is 1.47. The van der Waals surface area contributed by atoms with Crippen LogP contribution in [0.5, 0.6) is 5.75 Å². The van der Waals surface area contributed by atoms with Gasteiger partial charge in [0.25, 0.3) is 0 Å². The number of pyridine rings is 1. The fourth-order valence-corrected chi connectivity index (χ4v) is 3.09. The van der Waals surface area contributed by atoms with Crippen molar-refractivity contribution in [3.8, 4) is 5.75 Å². The molecular weight excluding hydrogens is 254 g/mol. The van der Waals surface area contributed by atoms with E-state index in [0.717, 1.165) is 25.4 Å². The van der Waals surface area contributed by atoms with E-state index < -0.39 is 0 Å². The number of hydrogen-bond acceptors (Lipinski definition) is 5. The molecule has 5 nitrogen and oxygen atoms in total. The quantitative estimate of drug-likeness (QED) is 0.861. The van der Waals surface area contributed by atoms with Crippen LogP contribution in [-0.4, -0.2) is 53.4 Å². The summed E-state index contributed by atoms with van der Waals surface area (Å²) in [7, 11) is 0. The average Bonchev–Trinajstić information content (AvgIpc) is 2.90. The molecule has 5 heteroatoms. The van der Waals surface area contributed by atoms with Crippen molar-refractivity contribution in [2.45, 2.75) is 38.5 Å². The van der Waals surface area contributed by atoms with Gasteiger partial charge in [0, 0.05) is 31.4 Å². The van der Waals surface area contributed by atoms with E-state index in [0.29, 0.717) is 18.3 Å². The summed E-state index contributed by atoms with van der Waals surface area (Å²) in [5.74, 6) is 0.257. The molecule has 2 saturated heterocycles. The van der Waals surface area contributed by atoms with Gasteiger partial charge in [-0.1, -0.05) is 0 Å². The smallest absolute Gasteiger partial charge is 0.138 e. The van der Waals surface area contributed by atoms with Gasteiger partial charge in [-0.15, -0.1) is 0 Å². The highest BCUT2D eigenvalue weighted by Crippen LogP contribution is 2.22. The fraction of sp³-hybridized carbons (Fsp3) is 0.667. The SMILES string of the molecule is Cc1ccc(O)c(CNCC2CN3CCCC3CO2)n1. The van der Waals surface area contributed by atoms with Gasteiger partial charge >= 0.3 is 0 Å². The van der Waals surface area contributed by atoms with E-state index in [1.165, 1.54) is 19.4 Å². The van der Waals surface area contributed by atoms with Crippen LogP contribution in [0.4, 0.5) is 0 Å². The Morgan fingerprint density at radius 2 is 2.40 bits per heavy atom. The van der Waals surface area contributed by atoms with E-state index in [4.69, 9.17) is 4.74 Å². The maximum absolute atomic E-state index is 9.75. The van der Waals surface area contributed by atoms with Crippen LogP contribution < -0.4 is 5.32 Å². The first-order chi connectivity index (χ1) is 9.72. The predicted octanol–water partition coefficient (Wildman–Crippen LogP) is 1.05. The number of morpholine rings is 1. The molecular formula is C15H23N3O2. The second kappa shape index (κ2) is 6.08. The molecule has 110 valence electrons. The largest absolute Gasteiger partial charge is 0.506 e. The highest BCUT2D eigenvalue weighted by Gasteiger charge is 2.31. The molecule has 2 unspecified atom stereocenters. The molecule has 2 atom stereocenters. The summed E-state index contributed by atoms with van der Waals surface area (Å²) >= 11 is 0. The van der Waals surface area contributed by atoms with Gasteiger partial charge in [-0.25, -0.2) is 0 Å². The van der Waals surface area contributed by atoms with Gasteiger partial charge in [-0.2, -0.15) is 0 Å². The first kappa shape index (κ1) is 13.8. The molecule has 2 fully saturated rings. The molecule has 2 N–H and O–H groups in total. The van der Waals surface area contributed by atoms with Gasteiger partial charge in [-0.3, -0.25) is 9.88 Å². The lowest BCUT2D eigenvalue weighted by molar-refractivity contribution is -0.0470. The maximum atomic E-state index is 9.75. The number of aromatic nitrogens is 1. The molecule has 2 aliphatic heterocycles. The van der Waals surface area contributed by atoms with Crippen molar-refractivity contribution >= 4 is 0 Å². The van der Waals surface area contributed by atoms with Crippen molar-refractivity contribution in [1.29, 1.82) is 0 Å². The highest BCUT2D eigenvalue weighted by atomic mass is 16.5. The molecule has 20 heavy (non-hydrogen) atoms. The molecule has 1 aromatic heterocycles. The topological polar surface area (TPSA) is 57.6 Å². The fourth-order valence-electron chi connectivity index (χ4n) is 3.09. The van der Waals surface area contributed by atoms with E-state index in [1.54, 1.807) is 6.07 Å². The van der Waals surface area contributed by atoms with Crippen LogP contribution >= 0.6 is 0 Å². The van der Waals surface area contributed by atoms with Gasteiger partial charge in [-0.05, 0) is 38.4 Å². The van der Waals surface area contributed by atoms with Crippen molar-refractivity contribution in [2.24, 2.45) is 0 Å². The number of hydrogen-bond donors (Lipinski definition) is 2. The van der Waals surface area contributed by atoms with Crippen LogP contribution in [0.25, 0.3) is 0 Å². The number of rotatable bonds is 4. The summed E-state index contributed by atoms with van der Waals surface area (Å²) in [6, 6.07) is 4.16. The molecule has 0 aromatic carbocycles. The van der Waals surface area contributed by atoms with Crippen molar-refractivity contribution in [1.82, 2.24) is 15.2 Å². The highest BCUT2D eigenvalue weighted by molar-refractivity contribution is 5.27. The minimum atomic E-state index is 0.247. The molecule has 2 aliphatic rings. The average molecular weight is 277 g/mol. The molecule has 3 rings (SSSR count). The second-order valence-corrected chi connectivity index (χ2v) is 5.80. The van der Waals surface area contributed by atoms with Crippen molar-refractivity contribution in [3.63, 3.8) is 0 Å². The van der Waals surface area contributed by atoms with Crippen molar-refractivity contribution in [2.75, 3.05) is 26.2 Å². The van der Waals surface area contributed by atoms with Crippen LogP contribution in [0.3, 0.4) is 0 Å². The number of aryl methyl sites for hydroxylation is 1. The van der Waals surface area contributed by atoms with E-state index in [2.05, 4.69) is 15.2 Å². The number of aromatic hydroxyl groups is 1. The summed E-state index contributed by atoms with van der Waals surface area (Å²) < 4.78 is 5.90. The van der Waals surface area contributed by atoms with Crippen LogP contribution in [-0.2, 0) is 11.3 Å². The Labute approximate surface area is 120 Å². The molecule has 0 aliphatic carbocycles. The predicted molar refractivity (Wildman–Crippen MR) is 76.7 cm³/mol. The van der Waals surface area contributed by atoms with Gasteiger partial charge in [0.2, 0.25) is 0 Å². The van der Waals surface area contributed by atoms with E-state index in [1.807, 2.05) is 13.0 Å². The zero-order valence-electron chi connectivity index (χ0n) is 12.0. The van der Waals surface area contributed by atoms with Crippen LogP contribution in [0, 0.1) is 6.92 Å². The zero-order valence-corrected chi connectivity index (χ0v) is 12.0. The second-order valence-electron chi connectivity index (χ2n) is 5.80. The minimum Gasteiger partial charge on any atom is -0.506 e. The van der Waals surface area contributed by atoms with E-state index >= 15 is 0 Å². The maximum Gasteiger partial charge on any atom is 0.138 e. The number of fused-ring (bicyclic) bond motifs is 1. The molecule has 0 spiro atoms. The minimum absolute atomic E-state index is 0.247. The van der Waals surface area contributed by atoms with E-state index in [9.17, 15) is 5.11 Å². The lowest BCUT2D eigenvalue weighted by Crippen LogP contribution is -2.49. The van der Waals surface area contributed by atoms with Crippen LogP contribution in [0.2, 0.25) is 0 Å². The van der Waals surface area contributed by atoms with Gasteiger partial charge in [0.05, 0.1) is 18.4 Å². The Morgan fingerprint density at radius 3 is 3.30 bits per heavy atom. The first-order valence-corrected chi connectivity index (χ1v) is 7.44. The van der Waals surface area contributed by atoms with Crippen LogP contribution in [0.15, 0.2) is 12.1 Å². The Bertz CT molecular complexity index is 466. The Hall–Kier alpha value is -1.17. The van der Waals surface area contributed by atoms with Gasteiger partial charge in [0.1, 0.15) is 5.75 Å². The third-order valence-electron chi connectivity index (χ3n) is 4.22. The summed E-state index contributed by atoms with van der Waals surface area (Å²) in [4.78, 5) is 6.88. The number of ether oxygens (including phenoxy) is 1. The monoisotopic (exact) mass is 277 g/mol. The molecule has 0 radical (unpaired) electrons. The Kier molecular flexibility index (Phi) is 4.19. The first-order valence-electron chi connectivity index (χ1n) is 7.44. The third kappa shape index (κ3) is 3.11. The van der Waals surface area contributed by atoms with Crippen LogP contribution in [0.1, 0.15) is 24.2 Å². The Morgan fingerprint density at radius 1 is 1.50 bits per heavy atom. The number of nitrogens with one attached hydrogen (secondary N) is 1. The zero-order chi connectivity index (χ0) is 13.9. The summed E-state index contributed by atoms with van der Waals surface area (Å²) in [6.07, 6.45) is 2.83. The van der Waals surface area contributed by atoms with Crippen molar-refractivity contribution in [3.05, 3.63) is 23.5 Å². The molecule has 1 aromatic rings.